The van der Waals surface area contributed by atoms with Gasteiger partial charge in [0.05, 0.1) is 11.3 Å². The molecule has 6 heteroatoms. The number of thiazole rings is 1. The first-order valence-corrected chi connectivity index (χ1v) is 10.5. The van der Waals surface area contributed by atoms with E-state index in [1.54, 1.807) is 36.4 Å². The Kier molecular flexibility index (Phi) is 4.90. The molecule has 0 saturated heterocycles. The molecule has 2 heterocycles. The summed E-state index contributed by atoms with van der Waals surface area (Å²) < 4.78 is 5.40. The van der Waals surface area contributed by atoms with Crippen molar-refractivity contribution in [2.24, 2.45) is 0 Å². The van der Waals surface area contributed by atoms with Crippen molar-refractivity contribution in [3.63, 3.8) is 0 Å². The summed E-state index contributed by atoms with van der Waals surface area (Å²) >= 11 is 1.37. The van der Waals surface area contributed by atoms with Gasteiger partial charge in [0.15, 0.2) is 5.13 Å². The van der Waals surface area contributed by atoms with E-state index in [9.17, 15) is 9.59 Å². The Bertz CT molecular complexity index is 1440. The molecule has 0 saturated carbocycles. The van der Waals surface area contributed by atoms with Crippen LogP contribution in [-0.2, 0) is 0 Å². The topological polar surface area (TPSA) is 72.2 Å². The Labute approximate surface area is 181 Å². The minimum absolute atomic E-state index is 0.258. The molecule has 5 nitrogen and oxygen atoms in total. The van der Waals surface area contributed by atoms with Gasteiger partial charge >= 0.3 is 5.63 Å². The van der Waals surface area contributed by atoms with E-state index in [1.165, 1.54) is 11.3 Å². The lowest BCUT2D eigenvalue weighted by Gasteiger charge is -2.05. The Morgan fingerprint density at radius 1 is 0.871 bits per heavy atom. The first-order chi connectivity index (χ1) is 15.2. The van der Waals surface area contributed by atoms with Crippen molar-refractivity contribution < 1.29 is 9.21 Å². The maximum absolute atomic E-state index is 12.6. The molecule has 31 heavy (non-hydrogen) atoms. The lowest BCUT2D eigenvalue weighted by Crippen LogP contribution is -2.11. The van der Waals surface area contributed by atoms with Crippen LogP contribution in [0.3, 0.4) is 0 Å². The highest BCUT2D eigenvalue weighted by atomic mass is 32.1. The fourth-order valence-electron chi connectivity index (χ4n) is 3.31. The van der Waals surface area contributed by atoms with Crippen molar-refractivity contribution in [1.29, 1.82) is 0 Å². The molecule has 2 aromatic heterocycles. The number of hydrogen-bond acceptors (Lipinski definition) is 5. The van der Waals surface area contributed by atoms with Crippen LogP contribution in [0.15, 0.2) is 99.5 Å². The van der Waals surface area contributed by atoms with E-state index in [2.05, 4.69) is 10.3 Å². The molecule has 1 amide bonds. The fourth-order valence-corrected chi connectivity index (χ4v) is 4.02. The molecule has 0 fully saturated rings. The van der Waals surface area contributed by atoms with E-state index in [0.717, 1.165) is 16.6 Å². The van der Waals surface area contributed by atoms with Gasteiger partial charge in [-0.2, -0.15) is 0 Å². The Hall–Kier alpha value is -4.03. The van der Waals surface area contributed by atoms with Gasteiger partial charge in [0.1, 0.15) is 5.58 Å². The molecular formula is C25H16N2O3S. The summed E-state index contributed by atoms with van der Waals surface area (Å²) in [5.74, 6) is -0.258. The average molecular weight is 424 g/mol. The van der Waals surface area contributed by atoms with Crippen LogP contribution < -0.4 is 10.9 Å². The van der Waals surface area contributed by atoms with Crippen LogP contribution in [0.1, 0.15) is 10.4 Å². The largest absolute Gasteiger partial charge is 0.422 e. The lowest BCUT2D eigenvalue weighted by atomic mass is 10.0. The number of amides is 1. The van der Waals surface area contributed by atoms with Crippen molar-refractivity contribution >= 4 is 33.3 Å². The number of carbonyl (C=O) groups is 1. The van der Waals surface area contributed by atoms with Crippen LogP contribution >= 0.6 is 11.3 Å². The molecule has 3 aromatic carbocycles. The second-order valence-electron chi connectivity index (χ2n) is 6.92. The Morgan fingerprint density at radius 2 is 1.61 bits per heavy atom. The molecule has 0 atom stereocenters. The number of para-hydroxylation sites is 1. The van der Waals surface area contributed by atoms with E-state index in [1.807, 2.05) is 53.9 Å². The number of nitrogens with zero attached hydrogens (tertiary/aromatic N) is 1. The zero-order valence-electron chi connectivity index (χ0n) is 16.2. The molecule has 5 rings (SSSR count). The van der Waals surface area contributed by atoms with Crippen molar-refractivity contribution in [1.82, 2.24) is 4.98 Å². The average Bonchev–Trinajstić information content (AvgIpc) is 3.28. The van der Waals surface area contributed by atoms with Crippen molar-refractivity contribution in [3.05, 3.63) is 106 Å². The zero-order valence-corrected chi connectivity index (χ0v) is 17.1. The van der Waals surface area contributed by atoms with Gasteiger partial charge in [0.2, 0.25) is 0 Å². The molecular weight excluding hydrogens is 408 g/mol. The van der Waals surface area contributed by atoms with E-state index in [-0.39, 0.29) is 5.91 Å². The molecule has 0 aliphatic heterocycles. The second kappa shape index (κ2) is 8.01. The summed E-state index contributed by atoms with van der Waals surface area (Å²) in [4.78, 5) is 29.5. The van der Waals surface area contributed by atoms with E-state index in [0.29, 0.717) is 27.4 Å². The summed E-state index contributed by atoms with van der Waals surface area (Å²) in [5.41, 5.74) is 3.58. The van der Waals surface area contributed by atoms with Gasteiger partial charge in [0.25, 0.3) is 5.91 Å². The fraction of sp³-hybridized carbons (Fsp3) is 0. The van der Waals surface area contributed by atoms with Gasteiger partial charge in [-0.1, -0.05) is 60.7 Å². The van der Waals surface area contributed by atoms with Crippen molar-refractivity contribution in [3.8, 4) is 22.4 Å². The van der Waals surface area contributed by atoms with Gasteiger partial charge < -0.3 is 4.42 Å². The molecule has 0 radical (unpaired) electrons. The zero-order chi connectivity index (χ0) is 21.2. The minimum atomic E-state index is -0.410. The number of rotatable bonds is 4. The van der Waals surface area contributed by atoms with E-state index in [4.69, 9.17) is 4.42 Å². The van der Waals surface area contributed by atoms with Crippen LogP contribution in [0.5, 0.6) is 0 Å². The molecule has 0 spiro atoms. The minimum Gasteiger partial charge on any atom is -0.422 e. The molecule has 0 bridgehead atoms. The van der Waals surface area contributed by atoms with Crippen LogP contribution in [0, 0.1) is 0 Å². The summed E-state index contributed by atoms with van der Waals surface area (Å²) in [6.07, 6.45) is 0. The normalized spacial score (nSPS) is 10.8. The molecule has 0 aliphatic carbocycles. The van der Waals surface area contributed by atoms with Gasteiger partial charge in [-0.05, 0) is 29.8 Å². The predicted octanol–water partition coefficient (Wildman–Crippen LogP) is 5.84. The second-order valence-corrected chi connectivity index (χ2v) is 7.78. The highest BCUT2D eigenvalue weighted by Gasteiger charge is 2.12. The maximum Gasteiger partial charge on any atom is 0.344 e. The summed E-state index contributed by atoms with van der Waals surface area (Å²) in [7, 11) is 0. The molecule has 0 unspecified atom stereocenters. The van der Waals surface area contributed by atoms with Crippen LogP contribution in [-0.4, -0.2) is 10.9 Å². The Balaban J connectivity index is 1.36. The van der Waals surface area contributed by atoms with Gasteiger partial charge in [0, 0.05) is 21.9 Å². The predicted molar refractivity (Wildman–Crippen MR) is 123 cm³/mol. The molecule has 0 aliphatic rings. The first-order valence-electron chi connectivity index (χ1n) is 9.63. The van der Waals surface area contributed by atoms with Crippen molar-refractivity contribution in [2.45, 2.75) is 0 Å². The highest BCUT2D eigenvalue weighted by Crippen LogP contribution is 2.25. The highest BCUT2D eigenvalue weighted by molar-refractivity contribution is 7.14. The van der Waals surface area contributed by atoms with Gasteiger partial charge in [-0.25, -0.2) is 9.78 Å². The SMILES string of the molecule is O=C(Nc1nc(-c2ccccc2)cs1)c1ccc(-c2cc3ccccc3oc2=O)cc1. The van der Waals surface area contributed by atoms with E-state index < -0.39 is 5.63 Å². The summed E-state index contributed by atoms with van der Waals surface area (Å²) in [6.45, 7) is 0. The summed E-state index contributed by atoms with van der Waals surface area (Å²) in [6, 6.07) is 25.8. The molecule has 150 valence electrons. The third-order valence-corrected chi connectivity index (χ3v) is 5.65. The van der Waals surface area contributed by atoms with E-state index >= 15 is 0 Å². The number of anilines is 1. The van der Waals surface area contributed by atoms with Crippen molar-refractivity contribution in [2.75, 3.05) is 5.32 Å². The van der Waals surface area contributed by atoms with Crippen LogP contribution in [0.2, 0.25) is 0 Å². The quantitative estimate of drug-likeness (QED) is 0.368. The number of aromatic nitrogens is 1. The number of hydrogen-bond donors (Lipinski definition) is 1. The standard InChI is InChI=1S/C25H16N2O3S/c28-23(27-25-26-21(15-31-25)17-6-2-1-3-7-17)18-12-10-16(11-13-18)20-14-19-8-4-5-9-22(19)30-24(20)29/h1-15H,(H,26,27,28). The third kappa shape index (κ3) is 3.89. The lowest BCUT2D eigenvalue weighted by molar-refractivity contribution is 0.102. The number of benzene rings is 3. The Morgan fingerprint density at radius 3 is 2.42 bits per heavy atom. The number of fused-ring (bicyclic) bond motifs is 1. The monoisotopic (exact) mass is 424 g/mol. The molecule has 1 N–H and O–H groups in total. The van der Waals surface area contributed by atoms with Gasteiger partial charge in [-0.3, -0.25) is 10.1 Å². The third-order valence-electron chi connectivity index (χ3n) is 4.89. The van der Waals surface area contributed by atoms with Crippen LogP contribution in [0.4, 0.5) is 5.13 Å². The van der Waals surface area contributed by atoms with Gasteiger partial charge in [-0.15, -0.1) is 11.3 Å². The summed E-state index contributed by atoms with van der Waals surface area (Å²) in [5, 5.41) is 6.12. The first kappa shape index (κ1) is 19.0. The molecule has 5 aromatic rings. The maximum atomic E-state index is 12.6. The number of nitrogens with one attached hydrogen (secondary N) is 1. The number of carbonyl (C=O) groups excluding carboxylic acids is 1. The smallest absolute Gasteiger partial charge is 0.344 e. The van der Waals surface area contributed by atoms with Crippen LogP contribution in [0.25, 0.3) is 33.4 Å².